The molecule has 0 bridgehead atoms. The van der Waals surface area contributed by atoms with Crippen LogP contribution in [-0.2, 0) is 11.2 Å². The van der Waals surface area contributed by atoms with Gasteiger partial charge in [0.25, 0.3) is 0 Å². The molecule has 5 nitrogen and oxygen atoms in total. The molecule has 0 atom stereocenters. The van der Waals surface area contributed by atoms with Crippen LogP contribution in [0.3, 0.4) is 0 Å². The molecule has 118 valence electrons. The fourth-order valence-electron chi connectivity index (χ4n) is 1.98. The first-order chi connectivity index (χ1) is 11.3. The number of rotatable bonds is 7. The third-order valence-electron chi connectivity index (χ3n) is 3.05. The van der Waals surface area contributed by atoms with Gasteiger partial charge in [-0.05, 0) is 23.6 Å². The second-order valence-corrected chi connectivity index (χ2v) is 6.93. The molecule has 2 N–H and O–H groups in total. The van der Waals surface area contributed by atoms with Gasteiger partial charge in [0.2, 0.25) is 11.1 Å². The normalized spacial score (nSPS) is 10.6. The van der Waals surface area contributed by atoms with Gasteiger partial charge in [0.05, 0.1) is 0 Å². The summed E-state index contributed by atoms with van der Waals surface area (Å²) in [5, 5.41) is 12.7. The fraction of sp³-hybridized carbons (Fsp3) is 0.188. The van der Waals surface area contributed by atoms with E-state index in [-0.39, 0.29) is 5.91 Å². The Hall–Kier alpha value is -2.12. The first kappa shape index (κ1) is 15.8. The van der Waals surface area contributed by atoms with Gasteiger partial charge < -0.3 is 5.32 Å². The maximum atomic E-state index is 11.8. The minimum absolute atomic E-state index is 0.00181. The summed E-state index contributed by atoms with van der Waals surface area (Å²) < 4.78 is 0. The van der Waals surface area contributed by atoms with Crippen LogP contribution in [0.4, 0.5) is 5.69 Å². The Labute approximate surface area is 142 Å². The summed E-state index contributed by atoms with van der Waals surface area (Å²) >= 11 is 3.18. The van der Waals surface area contributed by atoms with Crippen LogP contribution in [0.1, 0.15) is 17.1 Å². The topological polar surface area (TPSA) is 70.7 Å². The van der Waals surface area contributed by atoms with Crippen LogP contribution in [0.5, 0.6) is 0 Å². The van der Waals surface area contributed by atoms with E-state index >= 15 is 0 Å². The smallest absolute Gasteiger partial charge is 0.225 e. The van der Waals surface area contributed by atoms with Crippen molar-refractivity contribution >= 4 is 34.7 Å². The van der Waals surface area contributed by atoms with Crippen LogP contribution in [0.15, 0.2) is 53.0 Å². The summed E-state index contributed by atoms with van der Waals surface area (Å²) in [4.78, 5) is 17.5. The third-order valence-corrected chi connectivity index (χ3v) is 4.78. The van der Waals surface area contributed by atoms with E-state index in [9.17, 15) is 4.79 Å². The molecule has 0 radical (unpaired) electrons. The zero-order chi connectivity index (χ0) is 15.9. The van der Waals surface area contributed by atoms with Gasteiger partial charge in [0.15, 0.2) is 0 Å². The number of benzene rings is 1. The van der Waals surface area contributed by atoms with Gasteiger partial charge in [0.1, 0.15) is 5.82 Å². The molecule has 0 aliphatic rings. The number of hydrogen-bond donors (Lipinski definition) is 2. The predicted molar refractivity (Wildman–Crippen MR) is 93.9 cm³/mol. The van der Waals surface area contributed by atoms with Crippen molar-refractivity contribution in [1.29, 1.82) is 0 Å². The van der Waals surface area contributed by atoms with Crippen LogP contribution < -0.4 is 5.32 Å². The van der Waals surface area contributed by atoms with Gasteiger partial charge in [-0.25, -0.2) is 4.98 Å². The zero-order valence-corrected chi connectivity index (χ0v) is 14.0. The fourth-order valence-corrected chi connectivity index (χ4v) is 3.44. The minimum atomic E-state index is -0.00181. The Morgan fingerprint density at radius 1 is 1.22 bits per heavy atom. The summed E-state index contributed by atoms with van der Waals surface area (Å²) in [6.07, 6.45) is 1.19. The second-order valence-electron chi connectivity index (χ2n) is 4.83. The number of carbonyl (C=O) groups is 1. The lowest BCUT2D eigenvalue weighted by molar-refractivity contribution is -0.115. The lowest BCUT2D eigenvalue weighted by Crippen LogP contribution is -2.11. The minimum Gasteiger partial charge on any atom is -0.326 e. The van der Waals surface area contributed by atoms with E-state index in [1.807, 2.05) is 41.8 Å². The number of nitrogens with zero attached hydrogens (tertiary/aromatic N) is 2. The van der Waals surface area contributed by atoms with Gasteiger partial charge >= 0.3 is 0 Å². The van der Waals surface area contributed by atoms with Crippen molar-refractivity contribution in [2.45, 2.75) is 18.0 Å². The Morgan fingerprint density at radius 2 is 2.09 bits per heavy atom. The van der Waals surface area contributed by atoms with E-state index in [2.05, 4.69) is 26.6 Å². The number of para-hydroxylation sites is 1. The summed E-state index contributed by atoms with van der Waals surface area (Å²) in [7, 11) is 0. The van der Waals surface area contributed by atoms with Crippen LogP contribution >= 0.6 is 23.1 Å². The molecule has 0 spiro atoms. The highest BCUT2D eigenvalue weighted by atomic mass is 32.2. The van der Waals surface area contributed by atoms with Gasteiger partial charge in [0, 0.05) is 29.2 Å². The molecule has 0 unspecified atom stereocenters. The van der Waals surface area contributed by atoms with E-state index in [1.54, 1.807) is 11.3 Å². The van der Waals surface area contributed by atoms with Crippen molar-refractivity contribution < 1.29 is 4.79 Å². The van der Waals surface area contributed by atoms with Crippen molar-refractivity contribution in [3.05, 3.63) is 58.5 Å². The summed E-state index contributed by atoms with van der Waals surface area (Å²) in [5.41, 5.74) is 0.818. The molecule has 0 saturated carbocycles. The van der Waals surface area contributed by atoms with Crippen molar-refractivity contribution in [3.8, 4) is 0 Å². The molecule has 0 aliphatic heterocycles. The van der Waals surface area contributed by atoms with E-state index < -0.39 is 0 Å². The van der Waals surface area contributed by atoms with Crippen LogP contribution in [0, 0.1) is 0 Å². The van der Waals surface area contributed by atoms with Crippen molar-refractivity contribution in [2.75, 3.05) is 11.1 Å². The molecule has 23 heavy (non-hydrogen) atoms. The predicted octanol–water partition coefficient (Wildman–Crippen LogP) is 3.58. The molecule has 2 aromatic heterocycles. The molecule has 0 fully saturated rings. The molecule has 1 aromatic carbocycles. The highest BCUT2D eigenvalue weighted by Crippen LogP contribution is 2.17. The van der Waals surface area contributed by atoms with Crippen molar-refractivity contribution in [3.63, 3.8) is 0 Å². The SMILES string of the molecule is O=C(CCSc1n[nH]c(Cc2cccs2)n1)Nc1ccccc1. The van der Waals surface area contributed by atoms with Crippen molar-refractivity contribution in [1.82, 2.24) is 15.2 Å². The highest BCUT2D eigenvalue weighted by molar-refractivity contribution is 7.99. The maximum Gasteiger partial charge on any atom is 0.225 e. The Kier molecular flexibility index (Phi) is 5.44. The molecular weight excluding hydrogens is 328 g/mol. The number of nitrogens with one attached hydrogen (secondary N) is 2. The Bertz CT molecular complexity index is 741. The van der Waals surface area contributed by atoms with Gasteiger partial charge in [-0.3, -0.25) is 9.89 Å². The molecule has 1 amide bonds. The standard InChI is InChI=1S/C16H16N4OS2/c21-15(17-12-5-2-1-3-6-12)8-10-23-16-18-14(19-20-16)11-13-7-4-9-22-13/h1-7,9H,8,10-11H2,(H,17,21)(H,18,19,20). The van der Waals surface area contributed by atoms with E-state index in [1.165, 1.54) is 16.6 Å². The van der Waals surface area contributed by atoms with Crippen LogP contribution in [0.2, 0.25) is 0 Å². The number of H-pyrrole nitrogens is 1. The number of amides is 1. The molecule has 2 heterocycles. The number of aromatic nitrogens is 3. The first-order valence-electron chi connectivity index (χ1n) is 7.21. The van der Waals surface area contributed by atoms with Crippen LogP contribution in [-0.4, -0.2) is 26.8 Å². The summed E-state index contributed by atoms with van der Waals surface area (Å²) in [6, 6.07) is 13.6. The molecule has 0 saturated heterocycles. The molecule has 7 heteroatoms. The average molecular weight is 344 g/mol. The van der Waals surface area contributed by atoms with Gasteiger partial charge in [-0.1, -0.05) is 36.0 Å². The zero-order valence-electron chi connectivity index (χ0n) is 12.4. The van der Waals surface area contributed by atoms with E-state index in [4.69, 9.17) is 0 Å². The number of hydrogen-bond acceptors (Lipinski definition) is 5. The molecular formula is C16H16N4OS2. The maximum absolute atomic E-state index is 11.8. The largest absolute Gasteiger partial charge is 0.326 e. The molecule has 3 aromatic rings. The summed E-state index contributed by atoms with van der Waals surface area (Å²) in [5.74, 6) is 1.50. The second kappa shape index (κ2) is 7.94. The number of thiophene rings is 1. The monoisotopic (exact) mass is 344 g/mol. The van der Waals surface area contributed by atoms with E-state index in [0.29, 0.717) is 17.3 Å². The highest BCUT2D eigenvalue weighted by Gasteiger charge is 2.07. The lowest BCUT2D eigenvalue weighted by Gasteiger charge is -2.03. The van der Waals surface area contributed by atoms with E-state index in [0.717, 1.165) is 17.9 Å². The average Bonchev–Trinajstić information content (AvgIpc) is 3.21. The lowest BCUT2D eigenvalue weighted by atomic mass is 10.3. The van der Waals surface area contributed by atoms with Crippen molar-refractivity contribution in [2.24, 2.45) is 0 Å². The Balaban J connectivity index is 1.42. The Morgan fingerprint density at radius 3 is 2.87 bits per heavy atom. The summed E-state index contributed by atoms with van der Waals surface area (Å²) in [6.45, 7) is 0. The van der Waals surface area contributed by atoms with Crippen LogP contribution in [0.25, 0.3) is 0 Å². The number of carbonyl (C=O) groups excluding carboxylic acids is 1. The number of thioether (sulfide) groups is 1. The first-order valence-corrected chi connectivity index (χ1v) is 9.07. The quantitative estimate of drug-likeness (QED) is 0.643. The van der Waals surface area contributed by atoms with Gasteiger partial charge in [-0.15, -0.1) is 16.4 Å². The number of anilines is 1. The molecule has 3 rings (SSSR count). The molecule has 0 aliphatic carbocycles. The number of aromatic amines is 1. The van der Waals surface area contributed by atoms with Gasteiger partial charge in [-0.2, -0.15) is 0 Å². The third kappa shape index (κ3) is 4.94.